The van der Waals surface area contributed by atoms with Crippen LogP contribution in [0.1, 0.15) is 43.0 Å². The number of hydrogen-bond donors (Lipinski definition) is 1. The minimum atomic E-state index is -0.241. The molecular weight excluding hydrogens is 318 g/mol. The third-order valence-electron chi connectivity index (χ3n) is 6.21. The summed E-state index contributed by atoms with van der Waals surface area (Å²) in [7, 11) is 0. The Morgan fingerprint density at radius 1 is 1.42 bits per heavy atom. The van der Waals surface area contributed by atoms with E-state index in [-0.39, 0.29) is 12.1 Å². The van der Waals surface area contributed by atoms with E-state index in [9.17, 15) is 5.11 Å². The molecule has 24 heavy (non-hydrogen) atoms. The molecule has 0 unspecified atom stereocenters. The number of aromatic nitrogens is 2. The van der Waals surface area contributed by atoms with Crippen LogP contribution in [-0.2, 0) is 0 Å². The van der Waals surface area contributed by atoms with Crippen LogP contribution in [0.2, 0.25) is 0 Å². The van der Waals surface area contributed by atoms with Gasteiger partial charge < -0.3 is 14.6 Å². The molecule has 3 aliphatic heterocycles. The summed E-state index contributed by atoms with van der Waals surface area (Å²) >= 11 is 1.81. The number of nitrogens with zero attached hydrogens (tertiary/aromatic N) is 3. The predicted molar refractivity (Wildman–Crippen MR) is 95.9 cm³/mol. The van der Waals surface area contributed by atoms with Gasteiger partial charge in [-0.3, -0.25) is 0 Å². The summed E-state index contributed by atoms with van der Waals surface area (Å²) in [5.74, 6) is 0.410. The van der Waals surface area contributed by atoms with E-state index in [0.717, 1.165) is 32.2 Å². The van der Waals surface area contributed by atoms with Crippen LogP contribution < -0.4 is 0 Å². The number of imidazole rings is 1. The first kappa shape index (κ1) is 14.7. The zero-order valence-electron chi connectivity index (χ0n) is 13.8. The molecule has 2 fully saturated rings. The van der Waals surface area contributed by atoms with Gasteiger partial charge in [-0.1, -0.05) is 6.58 Å². The SMILES string of the molecule is C=C1CC[C@H]2C[C@H]([C@H](O)C[C@@H]3c4sccc4-c4cncn43)CCN12. The van der Waals surface area contributed by atoms with Crippen LogP contribution >= 0.6 is 11.3 Å². The molecule has 4 nitrogen and oxygen atoms in total. The first-order valence-corrected chi connectivity index (χ1v) is 9.82. The number of fused-ring (bicyclic) bond motifs is 4. The Labute approximate surface area is 146 Å². The van der Waals surface area contributed by atoms with Gasteiger partial charge in [0.2, 0.25) is 0 Å². The Balaban J connectivity index is 1.33. The lowest BCUT2D eigenvalue weighted by atomic mass is 9.84. The van der Waals surface area contributed by atoms with Crippen molar-refractivity contribution in [2.75, 3.05) is 6.54 Å². The molecule has 5 heteroatoms. The van der Waals surface area contributed by atoms with Crippen molar-refractivity contribution in [2.45, 2.75) is 50.3 Å². The monoisotopic (exact) mass is 341 g/mol. The summed E-state index contributed by atoms with van der Waals surface area (Å²) < 4.78 is 2.25. The topological polar surface area (TPSA) is 41.3 Å². The van der Waals surface area contributed by atoms with Crippen molar-refractivity contribution < 1.29 is 5.11 Å². The number of piperidine rings is 1. The first-order valence-electron chi connectivity index (χ1n) is 8.94. The molecular formula is C19H23N3OS. The molecule has 5 rings (SSSR count). The van der Waals surface area contributed by atoms with Crippen LogP contribution in [0.5, 0.6) is 0 Å². The molecule has 5 heterocycles. The van der Waals surface area contributed by atoms with Gasteiger partial charge in [-0.2, -0.15) is 0 Å². The van der Waals surface area contributed by atoms with Crippen molar-refractivity contribution in [2.24, 2.45) is 5.92 Å². The minimum Gasteiger partial charge on any atom is -0.393 e. The Kier molecular flexibility index (Phi) is 3.35. The van der Waals surface area contributed by atoms with E-state index in [4.69, 9.17) is 0 Å². The number of aliphatic hydroxyl groups is 1. The van der Waals surface area contributed by atoms with Gasteiger partial charge >= 0.3 is 0 Å². The van der Waals surface area contributed by atoms with Crippen molar-refractivity contribution in [3.63, 3.8) is 0 Å². The van der Waals surface area contributed by atoms with Crippen LogP contribution in [0.4, 0.5) is 0 Å². The van der Waals surface area contributed by atoms with Gasteiger partial charge in [-0.05, 0) is 49.5 Å². The lowest BCUT2D eigenvalue weighted by Gasteiger charge is -2.39. The molecule has 3 aliphatic rings. The smallest absolute Gasteiger partial charge is 0.0957 e. The van der Waals surface area contributed by atoms with Crippen molar-refractivity contribution in [1.29, 1.82) is 0 Å². The highest BCUT2D eigenvalue weighted by Gasteiger charge is 2.38. The Bertz CT molecular complexity index is 739. The fourth-order valence-electron chi connectivity index (χ4n) is 4.92. The number of hydrogen-bond acceptors (Lipinski definition) is 4. The van der Waals surface area contributed by atoms with Gasteiger partial charge in [0.25, 0.3) is 0 Å². The number of aliphatic hydroxyl groups excluding tert-OH is 1. The number of thiophene rings is 1. The second-order valence-corrected chi connectivity index (χ2v) is 8.39. The molecule has 2 saturated heterocycles. The fourth-order valence-corrected chi connectivity index (χ4v) is 5.94. The zero-order chi connectivity index (χ0) is 16.3. The van der Waals surface area contributed by atoms with E-state index in [1.165, 1.54) is 28.3 Å². The largest absolute Gasteiger partial charge is 0.393 e. The van der Waals surface area contributed by atoms with E-state index in [0.29, 0.717) is 12.0 Å². The van der Waals surface area contributed by atoms with E-state index in [1.54, 1.807) is 11.3 Å². The summed E-state index contributed by atoms with van der Waals surface area (Å²) in [6, 6.07) is 3.04. The Morgan fingerprint density at radius 3 is 3.25 bits per heavy atom. The summed E-state index contributed by atoms with van der Waals surface area (Å²) in [6.07, 6.45) is 8.96. The zero-order valence-corrected chi connectivity index (χ0v) is 14.6. The van der Waals surface area contributed by atoms with Crippen LogP contribution in [0, 0.1) is 5.92 Å². The van der Waals surface area contributed by atoms with Crippen LogP contribution in [0.25, 0.3) is 11.3 Å². The molecule has 2 aromatic heterocycles. The first-order chi connectivity index (χ1) is 11.7. The van der Waals surface area contributed by atoms with Gasteiger partial charge in [-0.25, -0.2) is 4.98 Å². The molecule has 0 amide bonds. The fraction of sp³-hybridized carbons (Fsp3) is 0.526. The van der Waals surface area contributed by atoms with Gasteiger partial charge in [0.1, 0.15) is 0 Å². The van der Waals surface area contributed by atoms with Gasteiger partial charge in [0.15, 0.2) is 0 Å². The Morgan fingerprint density at radius 2 is 2.33 bits per heavy atom. The summed E-state index contributed by atoms with van der Waals surface area (Å²) in [4.78, 5) is 8.18. The maximum atomic E-state index is 11.0. The van der Waals surface area contributed by atoms with Crippen molar-refractivity contribution in [3.8, 4) is 11.3 Å². The van der Waals surface area contributed by atoms with E-state index < -0.39 is 0 Å². The average Bonchev–Trinajstić information content (AvgIpc) is 3.33. The second kappa shape index (κ2) is 5.46. The third-order valence-corrected chi connectivity index (χ3v) is 7.23. The minimum absolute atomic E-state index is 0.241. The molecule has 0 aromatic carbocycles. The summed E-state index contributed by atoms with van der Waals surface area (Å²) in [5.41, 5.74) is 3.80. The molecule has 0 aliphatic carbocycles. The number of rotatable bonds is 3. The van der Waals surface area contributed by atoms with Crippen LogP contribution in [0.15, 0.2) is 36.2 Å². The molecule has 2 aromatic rings. The quantitative estimate of drug-likeness (QED) is 0.926. The van der Waals surface area contributed by atoms with Gasteiger partial charge in [0.05, 0.1) is 30.4 Å². The van der Waals surface area contributed by atoms with Crippen molar-refractivity contribution in [1.82, 2.24) is 14.5 Å². The average molecular weight is 341 g/mol. The summed E-state index contributed by atoms with van der Waals surface area (Å²) in [6.45, 7) is 5.25. The highest BCUT2D eigenvalue weighted by Crippen LogP contribution is 2.46. The molecule has 126 valence electrons. The molecule has 0 bridgehead atoms. The summed E-state index contributed by atoms with van der Waals surface area (Å²) in [5, 5.41) is 13.1. The number of allylic oxidation sites excluding steroid dienone is 1. The third kappa shape index (κ3) is 2.11. The van der Waals surface area contributed by atoms with Crippen molar-refractivity contribution in [3.05, 3.63) is 41.1 Å². The highest BCUT2D eigenvalue weighted by molar-refractivity contribution is 7.10. The van der Waals surface area contributed by atoms with Crippen LogP contribution in [0.3, 0.4) is 0 Å². The van der Waals surface area contributed by atoms with E-state index in [2.05, 4.69) is 32.5 Å². The second-order valence-electron chi connectivity index (χ2n) is 7.44. The molecule has 0 radical (unpaired) electrons. The lowest BCUT2D eigenvalue weighted by molar-refractivity contribution is 0.0404. The molecule has 4 atom stereocenters. The predicted octanol–water partition coefficient (Wildman–Crippen LogP) is 3.65. The molecule has 0 saturated carbocycles. The highest BCUT2D eigenvalue weighted by atomic mass is 32.1. The maximum Gasteiger partial charge on any atom is 0.0957 e. The van der Waals surface area contributed by atoms with Crippen LogP contribution in [-0.4, -0.2) is 38.2 Å². The normalized spacial score (nSPS) is 29.5. The van der Waals surface area contributed by atoms with E-state index >= 15 is 0 Å². The van der Waals surface area contributed by atoms with Crippen molar-refractivity contribution >= 4 is 11.3 Å². The van der Waals surface area contributed by atoms with E-state index in [1.807, 2.05) is 12.5 Å². The Hall–Kier alpha value is -1.59. The maximum absolute atomic E-state index is 11.0. The lowest BCUT2D eigenvalue weighted by Crippen LogP contribution is -2.41. The molecule has 1 N–H and O–H groups in total. The molecule has 0 spiro atoms. The standard InChI is InChI=1S/C19H23N3OS/c1-12-2-3-14-8-13(4-6-21(12)14)18(23)9-16-19-15(5-7-24-19)17-10-20-11-22(16)17/h5,7,10-11,13-14,16,18,23H,1-4,6,8-9H2/t13-,14+,16-,18-/m1/s1. The van der Waals surface area contributed by atoms with Gasteiger partial charge in [0, 0.05) is 28.7 Å². The van der Waals surface area contributed by atoms with Gasteiger partial charge in [-0.15, -0.1) is 11.3 Å².